The van der Waals surface area contributed by atoms with Crippen LogP contribution in [0.25, 0.3) is 0 Å². The van der Waals surface area contributed by atoms with Gasteiger partial charge in [0.2, 0.25) is 0 Å². The van der Waals surface area contributed by atoms with Crippen molar-refractivity contribution in [3.8, 4) is 11.5 Å². The number of ether oxygens (including phenoxy) is 2. The van der Waals surface area contributed by atoms with Crippen LogP contribution in [0.4, 0.5) is 5.69 Å². The van der Waals surface area contributed by atoms with Crippen molar-refractivity contribution in [2.75, 3.05) is 19.5 Å². The molecule has 7 heteroatoms. The molecule has 2 rings (SSSR count). The van der Waals surface area contributed by atoms with E-state index in [9.17, 15) is 4.79 Å². The van der Waals surface area contributed by atoms with Gasteiger partial charge in [0.05, 0.1) is 23.5 Å². The summed E-state index contributed by atoms with van der Waals surface area (Å²) >= 11 is 2.18. The Bertz CT molecular complexity index is 727. The zero-order valence-electron chi connectivity index (χ0n) is 14.4. The number of nitrogens with zero attached hydrogens (tertiary/aromatic N) is 1. The minimum atomic E-state index is -0.340. The van der Waals surface area contributed by atoms with E-state index in [1.165, 1.54) is 12.3 Å². The molecule has 24 heavy (non-hydrogen) atoms. The van der Waals surface area contributed by atoms with Crippen LogP contribution in [0, 0.1) is 3.57 Å². The molecule has 0 fully saturated rings. The Labute approximate surface area is 155 Å². The molecule has 1 aromatic carbocycles. The van der Waals surface area contributed by atoms with E-state index in [4.69, 9.17) is 14.0 Å². The van der Waals surface area contributed by atoms with Crippen molar-refractivity contribution < 1.29 is 18.8 Å². The lowest BCUT2D eigenvalue weighted by Gasteiger charge is -2.24. The number of nitrogens with one attached hydrogen (secondary N) is 1. The smallest absolute Gasteiger partial charge is 0.277 e. The maximum Gasteiger partial charge on any atom is 0.277 e. The SMILES string of the molecule is CCc1c(NC(=O)c2ccon2)c(OC)c(I)c(OC)c1C(C)C. The van der Waals surface area contributed by atoms with Crippen LogP contribution >= 0.6 is 22.6 Å². The molecule has 0 saturated heterocycles. The first-order chi connectivity index (χ1) is 11.5. The number of hydrogen-bond acceptors (Lipinski definition) is 5. The van der Waals surface area contributed by atoms with E-state index in [0.717, 1.165) is 26.9 Å². The minimum Gasteiger partial charge on any atom is -0.495 e. The van der Waals surface area contributed by atoms with Crippen LogP contribution < -0.4 is 14.8 Å². The normalized spacial score (nSPS) is 10.8. The maximum absolute atomic E-state index is 12.4. The summed E-state index contributed by atoms with van der Waals surface area (Å²) in [6, 6.07) is 1.52. The molecule has 0 radical (unpaired) electrons. The Morgan fingerprint density at radius 1 is 1.33 bits per heavy atom. The van der Waals surface area contributed by atoms with E-state index in [1.54, 1.807) is 14.2 Å². The Kier molecular flexibility index (Phi) is 6.09. The molecule has 1 N–H and O–H groups in total. The molecule has 0 bridgehead atoms. The van der Waals surface area contributed by atoms with Crippen molar-refractivity contribution in [1.82, 2.24) is 5.16 Å². The fourth-order valence-corrected chi connectivity index (χ4v) is 3.75. The van der Waals surface area contributed by atoms with Gasteiger partial charge < -0.3 is 19.3 Å². The first-order valence-corrected chi connectivity index (χ1v) is 8.71. The Balaban J connectivity index is 2.66. The molecular formula is C17H21IN2O4. The second kappa shape index (κ2) is 7.87. The maximum atomic E-state index is 12.4. The number of carbonyl (C=O) groups excluding carboxylic acids is 1. The highest BCUT2D eigenvalue weighted by molar-refractivity contribution is 14.1. The van der Waals surface area contributed by atoms with Crippen molar-refractivity contribution in [2.45, 2.75) is 33.1 Å². The van der Waals surface area contributed by atoms with Gasteiger partial charge in [-0.15, -0.1) is 0 Å². The molecule has 0 aliphatic heterocycles. The molecule has 130 valence electrons. The highest BCUT2D eigenvalue weighted by Gasteiger charge is 2.26. The summed E-state index contributed by atoms with van der Waals surface area (Å²) in [4.78, 5) is 12.4. The van der Waals surface area contributed by atoms with Gasteiger partial charge in [0.25, 0.3) is 5.91 Å². The zero-order chi connectivity index (χ0) is 17.9. The van der Waals surface area contributed by atoms with Gasteiger partial charge in [0, 0.05) is 11.6 Å². The van der Waals surface area contributed by atoms with Crippen LogP contribution in [-0.2, 0) is 6.42 Å². The molecule has 0 aliphatic rings. The Hall–Kier alpha value is -1.77. The highest BCUT2D eigenvalue weighted by atomic mass is 127. The largest absolute Gasteiger partial charge is 0.495 e. The monoisotopic (exact) mass is 444 g/mol. The topological polar surface area (TPSA) is 73.6 Å². The summed E-state index contributed by atoms with van der Waals surface area (Å²) < 4.78 is 16.8. The van der Waals surface area contributed by atoms with E-state index in [-0.39, 0.29) is 17.5 Å². The van der Waals surface area contributed by atoms with E-state index in [1.807, 2.05) is 6.92 Å². The summed E-state index contributed by atoms with van der Waals surface area (Å²) in [5.74, 6) is 1.27. The third kappa shape index (κ3) is 3.35. The van der Waals surface area contributed by atoms with Crippen LogP contribution in [0.3, 0.4) is 0 Å². The van der Waals surface area contributed by atoms with Crippen molar-refractivity contribution in [3.63, 3.8) is 0 Å². The number of carbonyl (C=O) groups is 1. The van der Waals surface area contributed by atoms with Gasteiger partial charge in [-0.05, 0) is 40.5 Å². The standard InChI is InChI=1S/C17H21IN2O4/c1-6-10-12(9(2)3)15(22-4)13(18)16(23-5)14(10)19-17(21)11-7-8-24-20-11/h7-9H,6H2,1-5H3,(H,19,21). The number of methoxy groups -OCH3 is 2. The van der Waals surface area contributed by atoms with Gasteiger partial charge in [-0.25, -0.2) is 0 Å². The third-order valence-corrected chi connectivity index (χ3v) is 4.73. The second-order valence-electron chi connectivity index (χ2n) is 5.49. The number of halogens is 1. The number of hydrogen-bond donors (Lipinski definition) is 1. The quantitative estimate of drug-likeness (QED) is 0.676. The molecule has 1 amide bonds. The predicted molar refractivity (Wildman–Crippen MR) is 100 cm³/mol. The lowest BCUT2D eigenvalue weighted by atomic mass is 9.92. The summed E-state index contributed by atoms with van der Waals surface area (Å²) in [6.45, 7) is 6.24. The number of aromatic nitrogens is 1. The van der Waals surface area contributed by atoms with Crippen molar-refractivity contribution in [2.24, 2.45) is 0 Å². The zero-order valence-corrected chi connectivity index (χ0v) is 16.6. The molecule has 0 atom stereocenters. The average molecular weight is 444 g/mol. The average Bonchev–Trinajstić information content (AvgIpc) is 3.09. The van der Waals surface area contributed by atoms with Crippen LogP contribution in [0.1, 0.15) is 48.3 Å². The van der Waals surface area contributed by atoms with Gasteiger partial charge in [-0.1, -0.05) is 25.9 Å². The van der Waals surface area contributed by atoms with E-state index in [2.05, 4.69) is 46.9 Å². The molecule has 2 aromatic rings. The molecule has 0 unspecified atom stereocenters. The van der Waals surface area contributed by atoms with Crippen LogP contribution in [0.15, 0.2) is 16.9 Å². The van der Waals surface area contributed by atoms with Gasteiger partial charge in [0.15, 0.2) is 11.4 Å². The number of benzene rings is 1. The lowest BCUT2D eigenvalue weighted by Crippen LogP contribution is -2.17. The minimum absolute atomic E-state index is 0.219. The fraction of sp³-hybridized carbons (Fsp3) is 0.412. The molecule has 0 aliphatic carbocycles. The van der Waals surface area contributed by atoms with E-state index < -0.39 is 0 Å². The van der Waals surface area contributed by atoms with Gasteiger partial charge >= 0.3 is 0 Å². The molecule has 1 aromatic heterocycles. The second-order valence-corrected chi connectivity index (χ2v) is 6.57. The summed E-state index contributed by atoms with van der Waals surface area (Å²) in [6.07, 6.45) is 2.09. The van der Waals surface area contributed by atoms with Crippen LogP contribution in [-0.4, -0.2) is 25.3 Å². The van der Waals surface area contributed by atoms with E-state index >= 15 is 0 Å². The third-order valence-electron chi connectivity index (χ3n) is 3.75. The van der Waals surface area contributed by atoms with Crippen molar-refractivity contribution in [1.29, 1.82) is 0 Å². The molecule has 0 spiro atoms. The summed E-state index contributed by atoms with van der Waals surface area (Å²) in [5.41, 5.74) is 2.94. The molecular weight excluding hydrogens is 423 g/mol. The van der Waals surface area contributed by atoms with E-state index in [0.29, 0.717) is 11.4 Å². The van der Waals surface area contributed by atoms with Crippen LogP contribution in [0.5, 0.6) is 11.5 Å². The molecule has 1 heterocycles. The van der Waals surface area contributed by atoms with Crippen molar-refractivity contribution in [3.05, 3.63) is 32.7 Å². The first-order valence-electron chi connectivity index (χ1n) is 7.64. The Morgan fingerprint density at radius 3 is 2.46 bits per heavy atom. The highest BCUT2D eigenvalue weighted by Crippen LogP contribution is 2.46. The number of anilines is 1. The molecule has 0 saturated carbocycles. The van der Waals surface area contributed by atoms with Crippen molar-refractivity contribution >= 4 is 34.2 Å². The fourth-order valence-electron chi connectivity index (χ4n) is 2.75. The lowest BCUT2D eigenvalue weighted by molar-refractivity contribution is 0.101. The first kappa shape index (κ1) is 18.6. The summed E-state index contributed by atoms with van der Waals surface area (Å²) in [7, 11) is 3.23. The number of rotatable bonds is 6. The van der Waals surface area contributed by atoms with Gasteiger partial charge in [-0.3, -0.25) is 4.79 Å². The predicted octanol–water partition coefficient (Wildman–Crippen LogP) is 4.23. The Morgan fingerprint density at radius 2 is 2.00 bits per heavy atom. The van der Waals surface area contributed by atoms with Gasteiger partial charge in [-0.2, -0.15) is 0 Å². The summed E-state index contributed by atoms with van der Waals surface area (Å²) in [5, 5.41) is 6.61. The molecule has 6 nitrogen and oxygen atoms in total. The van der Waals surface area contributed by atoms with Gasteiger partial charge in [0.1, 0.15) is 12.0 Å². The number of amides is 1. The van der Waals surface area contributed by atoms with Crippen LogP contribution in [0.2, 0.25) is 0 Å².